The van der Waals surface area contributed by atoms with Gasteiger partial charge in [-0.25, -0.2) is 4.79 Å². The Hall–Kier alpha value is -2.01. The van der Waals surface area contributed by atoms with Gasteiger partial charge in [0.1, 0.15) is 4.88 Å². The molecular weight excluding hydrogens is 226 g/mol. The summed E-state index contributed by atoms with van der Waals surface area (Å²) >= 11 is 0.955. The van der Waals surface area contributed by atoms with Crippen LogP contribution >= 0.6 is 11.3 Å². The molecule has 0 aromatic carbocycles. The summed E-state index contributed by atoms with van der Waals surface area (Å²) < 4.78 is 0. The Kier molecular flexibility index (Phi) is 2.78. The van der Waals surface area contributed by atoms with Crippen LogP contribution in [0.4, 0.5) is 0 Å². The zero-order valence-corrected chi connectivity index (χ0v) is 8.90. The van der Waals surface area contributed by atoms with E-state index in [1.54, 1.807) is 24.4 Å². The number of aromatic nitrogens is 1. The zero-order valence-electron chi connectivity index (χ0n) is 8.08. The van der Waals surface area contributed by atoms with E-state index in [2.05, 4.69) is 4.98 Å². The highest BCUT2D eigenvalue weighted by molar-refractivity contribution is 7.16. The van der Waals surface area contributed by atoms with Gasteiger partial charge in [-0.2, -0.15) is 0 Å². The molecule has 2 aromatic heterocycles. The van der Waals surface area contributed by atoms with Crippen LogP contribution in [-0.2, 0) is 0 Å². The number of hydrogen-bond acceptors (Lipinski definition) is 4. The molecule has 5 heteroatoms. The van der Waals surface area contributed by atoms with Gasteiger partial charge in [0, 0.05) is 11.8 Å². The van der Waals surface area contributed by atoms with Crippen LogP contribution in [0.2, 0.25) is 0 Å². The van der Waals surface area contributed by atoms with E-state index in [9.17, 15) is 9.59 Å². The lowest BCUT2D eigenvalue weighted by molar-refractivity contribution is 0.0702. The maximum Gasteiger partial charge on any atom is 0.345 e. The molecule has 0 aliphatic carbocycles. The SMILES string of the molecule is O=Cc1sc(C(=O)O)cc1-c1ccccn1. The van der Waals surface area contributed by atoms with Crippen LogP contribution in [0, 0.1) is 0 Å². The van der Waals surface area contributed by atoms with Crippen LogP contribution in [0.15, 0.2) is 30.5 Å². The minimum atomic E-state index is -1.03. The molecule has 0 aliphatic rings. The van der Waals surface area contributed by atoms with Crippen LogP contribution in [-0.4, -0.2) is 22.3 Å². The Balaban J connectivity index is 2.56. The largest absolute Gasteiger partial charge is 0.477 e. The van der Waals surface area contributed by atoms with E-state index in [0.717, 1.165) is 11.3 Å². The number of hydrogen-bond donors (Lipinski definition) is 1. The second-order valence-electron chi connectivity index (χ2n) is 3.03. The van der Waals surface area contributed by atoms with Gasteiger partial charge in [0.15, 0.2) is 6.29 Å². The number of carbonyl (C=O) groups is 2. The Morgan fingerprint density at radius 1 is 1.44 bits per heavy atom. The molecule has 2 rings (SSSR count). The number of rotatable bonds is 3. The van der Waals surface area contributed by atoms with E-state index in [4.69, 9.17) is 5.11 Å². The first-order valence-corrected chi connectivity index (χ1v) is 5.27. The van der Waals surface area contributed by atoms with E-state index in [1.807, 2.05) is 0 Å². The Labute approximate surface area is 95.2 Å². The number of aldehydes is 1. The predicted octanol–water partition coefficient (Wildman–Crippen LogP) is 2.32. The minimum Gasteiger partial charge on any atom is -0.477 e. The molecule has 0 amide bonds. The number of nitrogens with zero attached hydrogens (tertiary/aromatic N) is 1. The molecule has 0 radical (unpaired) electrons. The average Bonchev–Trinajstić information content (AvgIpc) is 2.74. The lowest BCUT2D eigenvalue weighted by Gasteiger charge is -1.96. The quantitative estimate of drug-likeness (QED) is 0.826. The molecule has 80 valence electrons. The number of aromatic carboxylic acids is 1. The minimum absolute atomic E-state index is 0.141. The molecule has 16 heavy (non-hydrogen) atoms. The highest BCUT2D eigenvalue weighted by Gasteiger charge is 2.14. The third kappa shape index (κ3) is 1.85. The Morgan fingerprint density at radius 2 is 2.25 bits per heavy atom. The normalized spacial score (nSPS) is 10.0. The fraction of sp³-hybridized carbons (Fsp3) is 0. The molecule has 0 saturated carbocycles. The Bertz CT molecular complexity index is 533. The average molecular weight is 233 g/mol. The maximum atomic E-state index is 10.8. The summed E-state index contributed by atoms with van der Waals surface area (Å²) in [5, 5.41) is 8.84. The van der Waals surface area contributed by atoms with Crippen LogP contribution in [0.3, 0.4) is 0 Å². The van der Waals surface area contributed by atoms with Gasteiger partial charge in [-0.05, 0) is 18.2 Å². The van der Waals surface area contributed by atoms with Crippen LogP contribution in [0.1, 0.15) is 19.3 Å². The lowest BCUT2D eigenvalue weighted by Crippen LogP contribution is -1.90. The predicted molar refractivity (Wildman–Crippen MR) is 59.9 cm³/mol. The van der Waals surface area contributed by atoms with Crippen LogP contribution in [0.25, 0.3) is 11.3 Å². The number of carbonyl (C=O) groups excluding carboxylic acids is 1. The summed E-state index contributed by atoms with van der Waals surface area (Å²) in [5.74, 6) is -1.03. The molecule has 0 saturated heterocycles. The molecule has 2 aromatic rings. The highest BCUT2D eigenvalue weighted by atomic mass is 32.1. The van der Waals surface area contributed by atoms with Gasteiger partial charge >= 0.3 is 5.97 Å². The molecule has 1 N–H and O–H groups in total. The van der Waals surface area contributed by atoms with E-state index >= 15 is 0 Å². The van der Waals surface area contributed by atoms with Crippen molar-refractivity contribution in [1.82, 2.24) is 4.98 Å². The first-order valence-electron chi connectivity index (χ1n) is 4.46. The molecule has 0 fully saturated rings. The second-order valence-corrected chi connectivity index (χ2v) is 4.11. The molecular formula is C11H7NO3S. The van der Waals surface area contributed by atoms with Gasteiger partial charge in [-0.15, -0.1) is 11.3 Å². The summed E-state index contributed by atoms with van der Waals surface area (Å²) in [5.41, 5.74) is 1.17. The van der Waals surface area contributed by atoms with Crippen molar-refractivity contribution in [2.24, 2.45) is 0 Å². The van der Waals surface area contributed by atoms with E-state index in [0.29, 0.717) is 22.4 Å². The van der Waals surface area contributed by atoms with E-state index in [1.165, 1.54) is 6.07 Å². The number of carboxylic acids is 1. The van der Waals surface area contributed by atoms with Gasteiger partial charge in [-0.1, -0.05) is 6.07 Å². The van der Waals surface area contributed by atoms with Crippen molar-refractivity contribution >= 4 is 23.6 Å². The van der Waals surface area contributed by atoms with Gasteiger partial charge in [0.25, 0.3) is 0 Å². The summed E-state index contributed by atoms with van der Waals surface area (Å²) in [6.07, 6.45) is 2.25. The van der Waals surface area contributed by atoms with Crippen molar-refractivity contribution in [2.45, 2.75) is 0 Å². The maximum absolute atomic E-state index is 10.8. The Morgan fingerprint density at radius 3 is 2.81 bits per heavy atom. The number of pyridine rings is 1. The summed E-state index contributed by atoms with van der Waals surface area (Å²) in [6.45, 7) is 0. The fourth-order valence-corrected chi connectivity index (χ4v) is 2.14. The van der Waals surface area contributed by atoms with Crippen molar-refractivity contribution in [3.8, 4) is 11.3 Å². The molecule has 2 heterocycles. The van der Waals surface area contributed by atoms with E-state index in [-0.39, 0.29) is 4.88 Å². The highest BCUT2D eigenvalue weighted by Crippen LogP contribution is 2.28. The summed E-state index contributed by atoms with van der Waals surface area (Å²) in [6, 6.07) is 6.75. The molecule has 0 atom stereocenters. The fourth-order valence-electron chi connectivity index (χ4n) is 1.32. The molecule has 0 bridgehead atoms. The third-order valence-electron chi connectivity index (χ3n) is 2.02. The van der Waals surface area contributed by atoms with Crippen LogP contribution < -0.4 is 0 Å². The third-order valence-corrected chi connectivity index (χ3v) is 3.07. The number of carboxylic acid groups (broad SMARTS) is 1. The van der Waals surface area contributed by atoms with Crippen LogP contribution in [0.5, 0.6) is 0 Å². The lowest BCUT2D eigenvalue weighted by atomic mass is 10.1. The van der Waals surface area contributed by atoms with Crippen molar-refractivity contribution < 1.29 is 14.7 Å². The smallest absolute Gasteiger partial charge is 0.345 e. The van der Waals surface area contributed by atoms with Gasteiger partial charge < -0.3 is 5.11 Å². The standard InChI is InChI=1S/C11H7NO3S/c13-6-10-7(5-9(16-10)11(14)15)8-3-1-2-4-12-8/h1-6H,(H,14,15). The zero-order chi connectivity index (χ0) is 11.5. The van der Waals surface area contributed by atoms with Crippen molar-refractivity contribution in [2.75, 3.05) is 0 Å². The monoisotopic (exact) mass is 233 g/mol. The summed E-state index contributed by atoms with van der Waals surface area (Å²) in [4.78, 5) is 26.2. The van der Waals surface area contributed by atoms with Crippen molar-refractivity contribution in [3.63, 3.8) is 0 Å². The van der Waals surface area contributed by atoms with Gasteiger partial charge in [0.2, 0.25) is 0 Å². The first kappa shape index (κ1) is 10.5. The van der Waals surface area contributed by atoms with Gasteiger partial charge in [-0.3, -0.25) is 9.78 Å². The topological polar surface area (TPSA) is 67.3 Å². The number of thiophene rings is 1. The van der Waals surface area contributed by atoms with Crippen molar-refractivity contribution in [1.29, 1.82) is 0 Å². The van der Waals surface area contributed by atoms with E-state index < -0.39 is 5.97 Å². The second kappa shape index (κ2) is 4.24. The molecule has 0 spiro atoms. The molecule has 4 nitrogen and oxygen atoms in total. The van der Waals surface area contributed by atoms with Crippen molar-refractivity contribution in [3.05, 3.63) is 40.2 Å². The molecule has 0 aliphatic heterocycles. The molecule has 0 unspecified atom stereocenters. The first-order chi connectivity index (χ1) is 7.72. The summed E-state index contributed by atoms with van der Waals surface area (Å²) in [7, 11) is 0. The van der Waals surface area contributed by atoms with Gasteiger partial charge in [0.05, 0.1) is 10.6 Å².